The van der Waals surface area contributed by atoms with Crippen LogP contribution in [-0.2, 0) is 6.42 Å². The van der Waals surface area contributed by atoms with Crippen molar-refractivity contribution in [3.05, 3.63) is 76.7 Å². The molecule has 1 aliphatic rings. The van der Waals surface area contributed by atoms with Gasteiger partial charge in [0, 0.05) is 48.2 Å². The van der Waals surface area contributed by atoms with Gasteiger partial charge < -0.3 is 20.1 Å². The molecule has 0 amide bonds. The van der Waals surface area contributed by atoms with Gasteiger partial charge in [0.15, 0.2) is 17.4 Å². The van der Waals surface area contributed by atoms with E-state index in [-0.39, 0.29) is 6.42 Å². The van der Waals surface area contributed by atoms with Crippen LogP contribution in [0.15, 0.2) is 42.6 Å². The van der Waals surface area contributed by atoms with E-state index in [1.165, 1.54) is 5.57 Å². The molecule has 1 aromatic heterocycles. The predicted molar refractivity (Wildman–Crippen MR) is 113 cm³/mol. The van der Waals surface area contributed by atoms with Gasteiger partial charge >= 0.3 is 6.16 Å². The second kappa shape index (κ2) is 9.69. The van der Waals surface area contributed by atoms with E-state index in [4.69, 9.17) is 15.0 Å². The molecular formula is C23H21F3N2O4. The second-order valence-electron chi connectivity index (χ2n) is 7.46. The molecule has 3 aromatic rings. The first kappa shape index (κ1) is 23.1. The molecule has 6 nitrogen and oxygen atoms in total. The molecule has 0 bridgehead atoms. The number of H-pyrrole nitrogens is 1. The van der Waals surface area contributed by atoms with Crippen molar-refractivity contribution in [2.45, 2.75) is 12.8 Å². The number of hydrogen-bond donors (Lipinski definition) is 3. The summed E-state index contributed by atoms with van der Waals surface area (Å²) in [6.07, 6.45) is 3.10. The van der Waals surface area contributed by atoms with Crippen LogP contribution in [0.3, 0.4) is 0 Å². The smallest absolute Gasteiger partial charge is 0.450 e. The largest absolute Gasteiger partial charge is 0.503 e. The quantitative estimate of drug-likeness (QED) is 0.389. The van der Waals surface area contributed by atoms with E-state index in [0.717, 1.165) is 42.0 Å². The molecule has 32 heavy (non-hydrogen) atoms. The summed E-state index contributed by atoms with van der Waals surface area (Å²) in [5.41, 5.74) is 3.36. The van der Waals surface area contributed by atoms with E-state index >= 15 is 0 Å². The Hall–Kier alpha value is -3.59. The Morgan fingerprint density at radius 1 is 1.12 bits per heavy atom. The van der Waals surface area contributed by atoms with Crippen molar-refractivity contribution in [1.29, 1.82) is 0 Å². The molecule has 9 heteroatoms. The lowest BCUT2D eigenvalue weighted by molar-refractivity contribution is 0.0987. The summed E-state index contributed by atoms with van der Waals surface area (Å²) in [7, 11) is 2.07. The van der Waals surface area contributed by atoms with Crippen molar-refractivity contribution in [3.63, 3.8) is 0 Å². The molecule has 0 radical (unpaired) electrons. The molecule has 0 fully saturated rings. The number of benzene rings is 2. The predicted octanol–water partition coefficient (Wildman–Crippen LogP) is 4.95. The maximum absolute atomic E-state index is 13.9. The van der Waals surface area contributed by atoms with Crippen molar-refractivity contribution in [2.75, 3.05) is 20.1 Å². The highest BCUT2D eigenvalue weighted by Gasteiger charge is 2.19. The van der Waals surface area contributed by atoms with Crippen LogP contribution >= 0.6 is 0 Å². The fraction of sp³-hybridized carbons (Fsp3) is 0.217. The van der Waals surface area contributed by atoms with E-state index < -0.39 is 35.0 Å². The van der Waals surface area contributed by atoms with Gasteiger partial charge in [0.2, 0.25) is 0 Å². The molecule has 0 aliphatic carbocycles. The van der Waals surface area contributed by atoms with Gasteiger partial charge in [-0.25, -0.2) is 18.0 Å². The van der Waals surface area contributed by atoms with E-state index in [1.807, 2.05) is 18.3 Å². The Balaban J connectivity index is 0.000000668. The number of likely N-dealkylation sites (N-methyl/N-ethyl adjacent to an activating group) is 1. The maximum atomic E-state index is 13.9. The zero-order valence-electron chi connectivity index (χ0n) is 17.2. The standard InChI is InChI=1S/C22H19F3N2O.CH2O3/c1-27-6-4-14(5-7-27)18-12-26-20-3-2-13(8-16(18)20)9-21(28)17-10-15(23)11-19(24)22(17)25;2-1(3)4/h2-4,8,10-12,26H,5-7,9H2,1H3;(H2,2,3,4). The van der Waals surface area contributed by atoms with Crippen LogP contribution < -0.4 is 0 Å². The molecule has 2 aromatic carbocycles. The molecule has 0 spiro atoms. The number of carboxylic acid groups (broad SMARTS) is 2. The summed E-state index contributed by atoms with van der Waals surface area (Å²) < 4.78 is 40.7. The van der Waals surface area contributed by atoms with Gasteiger partial charge in [-0.3, -0.25) is 4.79 Å². The summed E-state index contributed by atoms with van der Waals surface area (Å²) in [6, 6.07) is 6.67. The van der Waals surface area contributed by atoms with Gasteiger partial charge in [-0.15, -0.1) is 0 Å². The lowest BCUT2D eigenvalue weighted by Gasteiger charge is -2.21. The van der Waals surface area contributed by atoms with Crippen LogP contribution in [0.4, 0.5) is 18.0 Å². The fourth-order valence-electron chi connectivity index (χ4n) is 3.60. The van der Waals surface area contributed by atoms with Gasteiger partial charge in [0.1, 0.15) is 5.82 Å². The van der Waals surface area contributed by atoms with Crippen LogP contribution in [0, 0.1) is 17.5 Å². The third-order valence-corrected chi connectivity index (χ3v) is 5.16. The van der Waals surface area contributed by atoms with Gasteiger partial charge in [-0.1, -0.05) is 12.1 Å². The maximum Gasteiger partial charge on any atom is 0.503 e. The molecule has 168 valence electrons. The summed E-state index contributed by atoms with van der Waals surface area (Å²) in [6.45, 7) is 1.85. The third-order valence-electron chi connectivity index (χ3n) is 5.16. The third kappa shape index (κ3) is 5.36. The molecular weight excluding hydrogens is 425 g/mol. The first-order valence-electron chi connectivity index (χ1n) is 9.73. The molecule has 1 aliphatic heterocycles. The number of halogens is 3. The number of aromatic amines is 1. The molecule has 0 unspecified atom stereocenters. The number of nitrogens with zero attached hydrogens (tertiary/aromatic N) is 1. The van der Waals surface area contributed by atoms with Gasteiger partial charge in [0.25, 0.3) is 0 Å². The molecule has 0 saturated carbocycles. The van der Waals surface area contributed by atoms with Crippen molar-refractivity contribution in [2.24, 2.45) is 0 Å². The number of nitrogens with one attached hydrogen (secondary N) is 1. The minimum Gasteiger partial charge on any atom is -0.450 e. The van der Waals surface area contributed by atoms with Gasteiger partial charge in [-0.05, 0) is 42.8 Å². The number of carbonyl (C=O) groups is 2. The minimum atomic E-state index is -1.83. The van der Waals surface area contributed by atoms with Crippen molar-refractivity contribution < 1.29 is 33.0 Å². The number of fused-ring (bicyclic) bond motifs is 1. The van der Waals surface area contributed by atoms with E-state index in [0.29, 0.717) is 11.6 Å². The van der Waals surface area contributed by atoms with Crippen LogP contribution in [0.25, 0.3) is 16.5 Å². The minimum absolute atomic E-state index is 0.137. The first-order chi connectivity index (χ1) is 15.2. The van der Waals surface area contributed by atoms with Gasteiger partial charge in [0.05, 0.1) is 5.56 Å². The van der Waals surface area contributed by atoms with Crippen molar-refractivity contribution in [3.8, 4) is 0 Å². The number of ketones is 1. The monoisotopic (exact) mass is 446 g/mol. The zero-order chi connectivity index (χ0) is 23.4. The van der Waals surface area contributed by atoms with Crippen LogP contribution in [0.2, 0.25) is 0 Å². The lowest BCUT2D eigenvalue weighted by Crippen LogP contribution is -2.23. The average molecular weight is 446 g/mol. The fourth-order valence-corrected chi connectivity index (χ4v) is 3.60. The van der Waals surface area contributed by atoms with E-state index in [1.54, 1.807) is 6.07 Å². The lowest BCUT2D eigenvalue weighted by atomic mass is 9.96. The van der Waals surface area contributed by atoms with E-state index in [9.17, 15) is 18.0 Å². The number of Topliss-reactive ketones (excluding diaryl/α,β-unsaturated/α-hetero) is 1. The molecule has 2 heterocycles. The Morgan fingerprint density at radius 2 is 1.84 bits per heavy atom. The molecule has 0 saturated heterocycles. The zero-order valence-corrected chi connectivity index (χ0v) is 17.2. The highest BCUT2D eigenvalue weighted by molar-refractivity contribution is 5.99. The number of hydrogen-bond acceptors (Lipinski definition) is 3. The Morgan fingerprint density at radius 3 is 2.50 bits per heavy atom. The van der Waals surface area contributed by atoms with Crippen LogP contribution in [-0.4, -0.2) is 52.2 Å². The number of carbonyl (C=O) groups excluding carboxylic acids is 1. The topological polar surface area (TPSA) is 93.6 Å². The number of aromatic nitrogens is 1. The summed E-state index contributed by atoms with van der Waals surface area (Å²) >= 11 is 0. The van der Waals surface area contributed by atoms with Crippen LogP contribution in [0.5, 0.6) is 0 Å². The Kier molecular flexibility index (Phi) is 6.99. The van der Waals surface area contributed by atoms with Crippen LogP contribution in [0.1, 0.15) is 27.9 Å². The highest BCUT2D eigenvalue weighted by Crippen LogP contribution is 2.30. The average Bonchev–Trinajstić information content (AvgIpc) is 3.14. The summed E-state index contributed by atoms with van der Waals surface area (Å²) in [4.78, 5) is 26.5. The Labute approximate surface area is 181 Å². The van der Waals surface area contributed by atoms with Crippen molar-refractivity contribution >= 4 is 28.4 Å². The molecule has 3 N–H and O–H groups in total. The molecule has 0 atom stereocenters. The Bertz CT molecular complexity index is 1200. The number of rotatable bonds is 4. The highest BCUT2D eigenvalue weighted by atomic mass is 19.2. The summed E-state index contributed by atoms with van der Waals surface area (Å²) in [5, 5.41) is 14.9. The van der Waals surface area contributed by atoms with E-state index in [2.05, 4.69) is 23.0 Å². The first-order valence-corrected chi connectivity index (χ1v) is 9.73. The normalized spacial score (nSPS) is 13.9. The molecule has 4 rings (SSSR count). The van der Waals surface area contributed by atoms with Crippen molar-refractivity contribution in [1.82, 2.24) is 9.88 Å². The summed E-state index contributed by atoms with van der Waals surface area (Å²) in [5.74, 6) is -4.31. The second-order valence-corrected chi connectivity index (χ2v) is 7.46. The van der Waals surface area contributed by atoms with Gasteiger partial charge in [-0.2, -0.15) is 0 Å². The SMILES string of the molecule is CN1CC=C(c2c[nH]c3ccc(CC(=O)c4cc(F)cc(F)c4F)cc23)CC1.O=C(O)O.